The first-order valence-electron chi connectivity index (χ1n) is 5.78. The molecule has 0 spiro atoms. The fourth-order valence-corrected chi connectivity index (χ4v) is 1.69. The van der Waals surface area contributed by atoms with Crippen LogP contribution in [0.5, 0.6) is 0 Å². The fourth-order valence-electron chi connectivity index (χ4n) is 1.69. The van der Waals surface area contributed by atoms with Crippen LogP contribution < -0.4 is 0 Å². The second kappa shape index (κ2) is 9.76. The van der Waals surface area contributed by atoms with Gasteiger partial charge in [0.25, 0.3) is 0 Å². The van der Waals surface area contributed by atoms with Crippen molar-refractivity contribution in [3.8, 4) is 0 Å². The molecule has 1 heteroatoms. The third kappa shape index (κ3) is 8.01. The molecule has 0 fully saturated rings. The summed E-state index contributed by atoms with van der Waals surface area (Å²) in [6.45, 7) is 4.44. The molecule has 0 heterocycles. The van der Waals surface area contributed by atoms with Crippen molar-refractivity contribution in [2.75, 3.05) is 0 Å². The highest BCUT2D eigenvalue weighted by molar-refractivity contribution is 5.49. The molecule has 0 aromatic carbocycles. The molecule has 0 aliphatic rings. The van der Waals surface area contributed by atoms with E-state index in [2.05, 4.69) is 13.8 Å². The SMILES string of the molecule is CCCCCC(CC=O)CCCC. The van der Waals surface area contributed by atoms with Crippen molar-refractivity contribution in [3.05, 3.63) is 0 Å². The van der Waals surface area contributed by atoms with Gasteiger partial charge < -0.3 is 4.79 Å². The van der Waals surface area contributed by atoms with Gasteiger partial charge in [-0.2, -0.15) is 0 Å². The van der Waals surface area contributed by atoms with Crippen LogP contribution in [0.1, 0.15) is 65.2 Å². The zero-order valence-electron chi connectivity index (χ0n) is 9.22. The summed E-state index contributed by atoms with van der Waals surface area (Å²) in [5.74, 6) is 0.670. The number of carbonyl (C=O) groups is 1. The second-order valence-electron chi connectivity index (χ2n) is 3.91. The predicted octanol–water partition coefficient (Wildman–Crippen LogP) is 3.96. The molecule has 1 nitrogen and oxygen atoms in total. The Labute approximate surface area is 82.9 Å². The predicted molar refractivity (Wildman–Crippen MR) is 57.8 cm³/mol. The first-order chi connectivity index (χ1) is 6.35. The van der Waals surface area contributed by atoms with Crippen molar-refractivity contribution >= 4 is 6.29 Å². The molecule has 0 radical (unpaired) electrons. The van der Waals surface area contributed by atoms with Crippen LogP contribution in [0.2, 0.25) is 0 Å². The van der Waals surface area contributed by atoms with E-state index in [1.54, 1.807) is 0 Å². The second-order valence-corrected chi connectivity index (χ2v) is 3.91. The van der Waals surface area contributed by atoms with Crippen LogP contribution in [0.25, 0.3) is 0 Å². The minimum absolute atomic E-state index is 0.670. The van der Waals surface area contributed by atoms with Crippen molar-refractivity contribution in [2.24, 2.45) is 5.92 Å². The average molecular weight is 184 g/mol. The monoisotopic (exact) mass is 184 g/mol. The van der Waals surface area contributed by atoms with Gasteiger partial charge in [0, 0.05) is 6.42 Å². The summed E-state index contributed by atoms with van der Waals surface area (Å²) < 4.78 is 0. The van der Waals surface area contributed by atoms with Crippen molar-refractivity contribution < 1.29 is 4.79 Å². The summed E-state index contributed by atoms with van der Waals surface area (Å²) in [5, 5.41) is 0. The summed E-state index contributed by atoms with van der Waals surface area (Å²) >= 11 is 0. The Morgan fingerprint density at radius 1 is 1.00 bits per heavy atom. The number of unbranched alkanes of at least 4 members (excludes halogenated alkanes) is 3. The van der Waals surface area contributed by atoms with Gasteiger partial charge in [0.15, 0.2) is 0 Å². The van der Waals surface area contributed by atoms with Gasteiger partial charge in [-0.25, -0.2) is 0 Å². The molecular formula is C12H24O. The first kappa shape index (κ1) is 12.7. The van der Waals surface area contributed by atoms with E-state index < -0.39 is 0 Å². The zero-order valence-corrected chi connectivity index (χ0v) is 9.22. The summed E-state index contributed by atoms with van der Waals surface area (Å²) in [6, 6.07) is 0. The van der Waals surface area contributed by atoms with Crippen LogP contribution in [0, 0.1) is 5.92 Å². The number of carbonyl (C=O) groups excluding carboxylic acids is 1. The Bertz CT molecular complexity index is 110. The third-order valence-corrected chi connectivity index (χ3v) is 2.61. The average Bonchev–Trinajstić information content (AvgIpc) is 2.14. The number of hydrogen-bond donors (Lipinski definition) is 0. The number of aldehydes is 1. The van der Waals surface area contributed by atoms with Gasteiger partial charge in [0.1, 0.15) is 6.29 Å². The molecule has 1 unspecified atom stereocenters. The minimum Gasteiger partial charge on any atom is -0.303 e. The van der Waals surface area contributed by atoms with E-state index >= 15 is 0 Å². The standard InChI is InChI=1S/C12H24O/c1-3-5-7-9-12(10-11-13)8-6-4-2/h11-12H,3-10H2,1-2H3. The van der Waals surface area contributed by atoms with Gasteiger partial charge in [-0.1, -0.05) is 58.8 Å². The lowest BCUT2D eigenvalue weighted by molar-refractivity contribution is -0.108. The van der Waals surface area contributed by atoms with Gasteiger partial charge in [0.05, 0.1) is 0 Å². The molecule has 0 aromatic heterocycles. The molecule has 0 aliphatic heterocycles. The summed E-state index contributed by atoms with van der Waals surface area (Å²) in [6.07, 6.45) is 10.8. The Balaban J connectivity index is 3.47. The van der Waals surface area contributed by atoms with Gasteiger partial charge >= 0.3 is 0 Å². The third-order valence-electron chi connectivity index (χ3n) is 2.61. The lowest BCUT2D eigenvalue weighted by Crippen LogP contribution is -2.01. The Morgan fingerprint density at radius 2 is 1.62 bits per heavy atom. The summed E-state index contributed by atoms with van der Waals surface area (Å²) in [5.41, 5.74) is 0. The topological polar surface area (TPSA) is 17.1 Å². The molecule has 0 bridgehead atoms. The minimum atomic E-state index is 0.670. The first-order valence-corrected chi connectivity index (χ1v) is 5.78. The van der Waals surface area contributed by atoms with E-state index in [4.69, 9.17) is 0 Å². The van der Waals surface area contributed by atoms with Crippen molar-refractivity contribution in [2.45, 2.75) is 65.2 Å². The fraction of sp³-hybridized carbons (Fsp3) is 0.917. The highest BCUT2D eigenvalue weighted by atomic mass is 16.1. The Hall–Kier alpha value is -0.330. The Kier molecular flexibility index (Phi) is 9.51. The molecule has 0 amide bonds. The van der Waals surface area contributed by atoms with E-state index in [0.29, 0.717) is 5.92 Å². The van der Waals surface area contributed by atoms with Crippen LogP contribution in [0.3, 0.4) is 0 Å². The molecule has 0 aliphatic carbocycles. The number of hydrogen-bond acceptors (Lipinski definition) is 1. The van der Waals surface area contributed by atoms with E-state index in [-0.39, 0.29) is 0 Å². The van der Waals surface area contributed by atoms with E-state index in [9.17, 15) is 4.79 Å². The van der Waals surface area contributed by atoms with E-state index in [1.807, 2.05) is 0 Å². The van der Waals surface area contributed by atoms with Crippen LogP contribution in [0.4, 0.5) is 0 Å². The molecule has 0 saturated heterocycles. The van der Waals surface area contributed by atoms with E-state index in [1.165, 1.54) is 44.9 Å². The van der Waals surface area contributed by atoms with Crippen molar-refractivity contribution in [1.82, 2.24) is 0 Å². The van der Waals surface area contributed by atoms with Gasteiger partial charge in [-0.05, 0) is 5.92 Å². The highest BCUT2D eigenvalue weighted by Crippen LogP contribution is 2.18. The highest BCUT2D eigenvalue weighted by Gasteiger charge is 2.06. The van der Waals surface area contributed by atoms with Gasteiger partial charge in [0.2, 0.25) is 0 Å². The maximum atomic E-state index is 10.4. The molecule has 78 valence electrons. The molecular weight excluding hydrogens is 160 g/mol. The summed E-state index contributed by atoms with van der Waals surface area (Å²) in [4.78, 5) is 10.4. The molecule has 1 atom stereocenters. The normalized spacial score (nSPS) is 12.8. The quantitative estimate of drug-likeness (QED) is 0.391. The van der Waals surface area contributed by atoms with Crippen molar-refractivity contribution in [3.63, 3.8) is 0 Å². The molecule has 0 aromatic rings. The Morgan fingerprint density at radius 3 is 2.15 bits per heavy atom. The molecule has 0 rings (SSSR count). The maximum absolute atomic E-state index is 10.4. The van der Waals surface area contributed by atoms with Crippen LogP contribution in [-0.4, -0.2) is 6.29 Å². The number of rotatable bonds is 9. The maximum Gasteiger partial charge on any atom is 0.120 e. The van der Waals surface area contributed by atoms with Gasteiger partial charge in [-0.15, -0.1) is 0 Å². The lowest BCUT2D eigenvalue weighted by Gasteiger charge is -2.12. The van der Waals surface area contributed by atoms with Crippen LogP contribution in [0.15, 0.2) is 0 Å². The molecule has 0 saturated carbocycles. The van der Waals surface area contributed by atoms with Crippen LogP contribution in [-0.2, 0) is 4.79 Å². The van der Waals surface area contributed by atoms with Crippen LogP contribution >= 0.6 is 0 Å². The zero-order chi connectivity index (χ0) is 9.94. The summed E-state index contributed by atoms with van der Waals surface area (Å²) in [7, 11) is 0. The van der Waals surface area contributed by atoms with E-state index in [0.717, 1.165) is 12.7 Å². The smallest absolute Gasteiger partial charge is 0.120 e. The molecule has 0 N–H and O–H groups in total. The van der Waals surface area contributed by atoms with Gasteiger partial charge in [-0.3, -0.25) is 0 Å². The molecule has 13 heavy (non-hydrogen) atoms. The van der Waals surface area contributed by atoms with Crippen molar-refractivity contribution in [1.29, 1.82) is 0 Å². The lowest BCUT2D eigenvalue weighted by atomic mass is 9.93. The largest absolute Gasteiger partial charge is 0.303 e.